The molecule has 0 aliphatic rings. The van der Waals surface area contributed by atoms with E-state index in [1.165, 1.54) is 4.68 Å². The lowest BCUT2D eigenvalue weighted by atomic mass is 10.4. The number of carbonyl (C=O) groups is 1. The molecule has 3 rings (SSSR count). The number of amides is 1. The van der Waals surface area contributed by atoms with E-state index in [9.17, 15) is 9.59 Å². The van der Waals surface area contributed by atoms with E-state index in [0.29, 0.717) is 31.1 Å². The van der Waals surface area contributed by atoms with Gasteiger partial charge in [0, 0.05) is 19.8 Å². The molecular formula is C16H20N4O3S. The minimum absolute atomic E-state index is 0.0797. The highest BCUT2D eigenvalue weighted by atomic mass is 32.1. The van der Waals surface area contributed by atoms with E-state index in [2.05, 4.69) is 10.4 Å². The van der Waals surface area contributed by atoms with Crippen molar-refractivity contribution in [2.45, 2.75) is 26.8 Å². The predicted octanol–water partition coefficient (Wildman–Crippen LogP) is 1.56. The van der Waals surface area contributed by atoms with E-state index < -0.39 is 0 Å². The highest BCUT2D eigenvalue weighted by molar-refractivity contribution is 7.17. The summed E-state index contributed by atoms with van der Waals surface area (Å²) in [4.78, 5) is 24.6. The van der Waals surface area contributed by atoms with Gasteiger partial charge in [-0.05, 0) is 37.8 Å². The lowest BCUT2D eigenvalue weighted by Gasteiger charge is -2.09. The van der Waals surface area contributed by atoms with Crippen LogP contribution in [0.15, 0.2) is 22.3 Å². The molecule has 1 N–H and O–H groups in total. The zero-order valence-electron chi connectivity index (χ0n) is 13.7. The first-order valence-corrected chi connectivity index (χ1v) is 8.80. The molecule has 0 spiro atoms. The van der Waals surface area contributed by atoms with Crippen LogP contribution in [0.3, 0.4) is 0 Å². The number of thiophene rings is 1. The maximum Gasteiger partial charge on any atom is 0.291 e. The monoisotopic (exact) mass is 348 g/mol. The summed E-state index contributed by atoms with van der Waals surface area (Å²) >= 11 is 1.58. The van der Waals surface area contributed by atoms with Crippen molar-refractivity contribution in [2.75, 3.05) is 19.8 Å². The number of aryl methyl sites for hydroxylation is 1. The Morgan fingerprint density at radius 1 is 1.42 bits per heavy atom. The molecule has 0 aliphatic carbocycles. The van der Waals surface area contributed by atoms with Crippen LogP contribution in [0.1, 0.15) is 19.2 Å². The fourth-order valence-corrected chi connectivity index (χ4v) is 3.48. The molecule has 0 atom stereocenters. The quantitative estimate of drug-likeness (QED) is 0.658. The van der Waals surface area contributed by atoms with Crippen LogP contribution in [0.4, 0.5) is 0 Å². The molecule has 3 heterocycles. The topological polar surface area (TPSA) is 77.6 Å². The Morgan fingerprint density at radius 2 is 2.25 bits per heavy atom. The van der Waals surface area contributed by atoms with Gasteiger partial charge >= 0.3 is 0 Å². The maximum atomic E-state index is 12.6. The number of hydrogen-bond donors (Lipinski definition) is 1. The van der Waals surface area contributed by atoms with E-state index in [4.69, 9.17) is 4.74 Å². The Balaban J connectivity index is 1.76. The third-order valence-corrected chi connectivity index (χ3v) is 4.60. The summed E-state index contributed by atoms with van der Waals surface area (Å²) in [6.07, 6.45) is 0.745. The second-order valence-corrected chi connectivity index (χ2v) is 6.39. The first-order chi connectivity index (χ1) is 11.6. The standard InChI is InChI=1S/C16H20N4O3S/c1-3-23-7-4-6-17-15(21)10-19-16(22)13-9-14-12(5-8-24-14)20(13)11(2)18-19/h5,8-9H,3-4,6-7,10H2,1-2H3,(H,17,21). The number of aromatic nitrogens is 3. The van der Waals surface area contributed by atoms with Crippen molar-refractivity contribution in [3.05, 3.63) is 33.7 Å². The number of fused-ring (bicyclic) bond motifs is 3. The largest absolute Gasteiger partial charge is 0.382 e. The van der Waals surface area contributed by atoms with Gasteiger partial charge in [-0.25, -0.2) is 4.68 Å². The first kappa shape index (κ1) is 16.7. The summed E-state index contributed by atoms with van der Waals surface area (Å²) in [6, 6.07) is 3.82. The zero-order valence-corrected chi connectivity index (χ0v) is 14.6. The molecular weight excluding hydrogens is 328 g/mol. The average Bonchev–Trinajstić information content (AvgIpc) is 3.13. The van der Waals surface area contributed by atoms with Gasteiger partial charge < -0.3 is 10.1 Å². The Labute approximate surface area is 142 Å². The van der Waals surface area contributed by atoms with Gasteiger partial charge in [0.2, 0.25) is 5.91 Å². The molecule has 24 heavy (non-hydrogen) atoms. The lowest BCUT2D eigenvalue weighted by molar-refractivity contribution is -0.121. The fraction of sp³-hybridized carbons (Fsp3) is 0.438. The molecule has 0 bridgehead atoms. The van der Waals surface area contributed by atoms with Crippen molar-refractivity contribution in [1.82, 2.24) is 19.5 Å². The van der Waals surface area contributed by atoms with Crippen LogP contribution in [0.5, 0.6) is 0 Å². The summed E-state index contributed by atoms with van der Waals surface area (Å²) in [5, 5.41) is 9.05. The van der Waals surface area contributed by atoms with Gasteiger partial charge in [0.05, 0.1) is 10.2 Å². The van der Waals surface area contributed by atoms with Crippen molar-refractivity contribution in [3.8, 4) is 0 Å². The molecule has 3 aromatic rings. The Bertz CT molecular complexity index is 925. The molecule has 0 saturated heterocycles. The fourth-order valence-electron chi connectivity index (χ4n) is 2.67. The highest BCUT2D eigenvalue weighted by Gasteiger charge is 2.14. The molecule has 7 nitrogen and oxygen atoms in total. The molecule has 0 saturated carbocycles. The van der Waals surface area contributed by atoms with Gasteiger partial charge in [0.15, 0.2) is 0 Å². The van der Waals surface area contributed by atoms with Gasteiger partial charge in [-0.1, -0.05) is 0 Å². The number of carbonyl (C=O) groups excluding carboxylic acids is 1. The van der Waals surface area contributed by atoms with Gasteiger partial charge in [-0.2, -0.15) is 5.10 Å². The molecule has 1 amide bonds. The Hall–Kier alpha value is -2.19. The van der Waals surface area contributed by atoms with Crippen molar-refractivity contribution in [2.24, 2.45) is 0 Å². The summed E-state index contributed by atoms with van der Waals surface area (Å²) in [7, 11) is 0. The molecule has 0 aliphatic heterocycles. The van der Waals surface area contributed by atoms with Crippen molar-refractivity contribution >= 4 is 33.0 Å². The molecule has 0 fully saturated rings. The van der Waals surface area contributed by atoms with E-state index in [0.717, 1.165) is 16.6 Å². The molecule has 3 aromatic heterocycles. The highest BCUT2D eigenvalue weighted by Crippen LogP contribution is 2.24. The lowest BCUT2D eigenvalue weighted by Crippen LogP contribution is -2.35. The number of nitrogens with zero attached hydrogens (tertiary/aromatic N) is 3. The third kappa shape index (κ3) is 3.20. The van der Waals surface area contributed by atoms with Crippen LogP contribution in [0.2, 0.25) is 0 Å². The van der Waals surface area contributed by atoms with Gasteiger partial charge in [0.25, 0.3) is 5.56 Å². The number of rotatable bonds is 7. The van der Waals surface area contributed by atoms with Crippen LogP contribution in [0.25, 0.3) is 15.7 Å². The first-order valence-electron chi connectivity index (χ1n) is 7.92. The molecule has 128 valence electrons. The van der Waals surface area contributed by atoms with Crippen LogP contribution < -0.4 is 10.9 Å². The van der Waals surface area contributed by atoms with E-state index >= 15 is 0 Å². The Morgan fingerprint density at radius 3 is 3.04 bits per heavy atom. The molecule has 8 heteroatoms. The SMILES string of the molecule is CCOCCCNC(=O)Cn1nc(C)n2c(cc3sccc32)c1=O. The van der Waals surface area contributed by atoms with Crippen molar-refractivity contribution in [3.63, 3.8) is 0 Å². The van der Waals surface area contributed by atoms with Crippen LogP contribution in [-0.4, -0.2) is 39.8 Å². The summed E-state index contributed by atoms with van der Waals surface area (Å²) in [5.41, 5.74) is 1.27. The minimum atomic E-state index is -0.256. The smallest absolute Gasteiger partial charge is 0.291 e. The number of ether oxygens (including phenoxy) is 1. The number of nitrogens with one attached hydrogen (secondary N) is 1. The van der Waals surface area contributed by atoms with Crippen LogP contribution >= 0.6 is 11.3 Å². The predicted molar refractivity (Wildman–Crippen MR) is 93.7 cm³/mol. The van der Waals surface area contributed by atoms with E-state index in [1.807, 2.05) is 35.8 Å². The normalized spacial score (nSPS) is 11.4. The summed E-state index contributed by atoms with van der Waals surface area (Å²) in [5.74, 6) is 0.459. The van der Waals surface area contributed by atoms with Gasteiger partial charge in [0.1, 0.15) is 17.9 Å². The summed E-state index contributed by atoms with van der Waals surface area (Å²) in [6.45, 7) is 5.49. The van der Waals surface area contributed by atoms with E-state index in [1.54, 1.807) is 11.3 Å². The molecule has 0 radical (unpaired) electrons. The number of hydrogen-bond acceptors (Lipinski definition) is 5. The third-order valence-electron chi connectivity index (χ3n) is 3.75. The zero-order chi connectivity index (χ0) is 17.1. The summed E-state index contributed by atoms with van der Waals surface area (Å²) < 4.78 is 9.32. The Kier molecular flexibility index (Phi) is 4.96. The van der Waals surface area contributed by atoms with E-state index in [-0.39, 0.29) is 18.0 Å². The van der Waals surface area contributed by atoms with Gasteiger partial charge in [-0.15, -0.1) is 11.3 Å². The van der Waals surface area contributed by atoms with Crippen molar-refractivity contribution in [1.29, 1.82) is 0 Å². The second-order valence-electron chi connectivity index (χ2n) is 5.45. The average molecular weight is 348 g/mol. The van der Waals surface area contributed by atoms with Crippen LogP contribution in [-0.2, 0) is 16.1 Å². The molecule has 0 aromatic carbocycles. The molecule has 0 unspecified atom stereocenters. The van der Waals surface area contributed by atoms with Crippen LogP contribution in [0, 0.1) is 6.92 Å². The second kappa shape index (κ2) is 7.14. The minimum Gasteiger partial charge on any atom is -0.382 e. The maximum absolute atomic E-state index is 12.6. The van der Waals surface area contributed by atoms with Gasteiger partial charge in [-0.3, -0.25) is 14.0 Å². The van der Waals surface area contributed by atoms with Crippen molar-refractivity contribution < 1.29 is 9.53 Å².